The highest BCUT2D eigenvalue weighted by atomic mass is 32.2. The number of amides is 2. The van der Waals surface area contributed by atoms with Crippen LogP contribution in [0, 0.1) is 0 Å². The van der Waals surface area contributed by atoms with Gasteiger partial charge < -0.3 is 0 Å². The SMILES string of the molecule is CC(=O)[N+]1(c2ccccc2)C(=O)SC=C1c1ccccc1. The Labute approximate surface area is 127 Å². The Kier molecular flexibility index (Phi) is 3.49. The van der Waals surface area contributed by atoms with Crippen LogP contribution < -0.4 is 4.48 Å². The van der Waals surface area contributed by atoms with Crippen LogP contribution >= 0.6 is 11.8 Å². The van der Waals surface area contributed by atoms with Crippen molar-refractivity contribution < 1.29 is 9.59 Å². The van der Waals surface area contributed by atoms with Gasteiger partial charge in [0.05, 0.1) is 6.92 Å². The van der Waals surface area contributed by atoms with Crippen LogP contribution in [0.4, 0.5) is 10.5 Å². The molecule has 1 aliphatic rings. The summed E-state index contributed by atoms with van der Waals surface area (Å²) in [6.45, 7) is 1.47. The van der Waals surface area contributed by atoms with Crippen molar-refractivity contribution in [1.29, 1.82) is 0 Å². The minimum atomic E-state index is -0.366. The van der Waals surface area contributed by atoms with E-state index in [1.165, 1.54) is 6.92 Å². The lowest BCUT2D eigenvalue weighted by Crippen LogP contribution is -2.51. The topological polar surface area (TPSA) is 34.1 Å². The molecule has 0 saturated heterocycles. The second kappa shape index (κ2) is 5.31. The van der Waals surface area contributed by atoms with Crippen molar-refractivity contribution in [2.45, 2.75) is 6.92 Å². The van der Waals surface area contributed by atoms with Gasteiger partial charge in [0.25, 0.3) is 0 Å². The average Bonchev–Trinajstić information content (AvgIpc) is 2.87. The maximum Gasteiger partial charge on any atom is 0.397 e. The molecule has 2 aromatic carbocycles. The molecule has 3 rings (SSSR count). The molecule has 0 spiro atoms. The number of quaternary nitrogens is 1. The first-order valence-corrected chi connectivity index (χ1v) is 7.48. The largest absolute Gasteiger partial charge is 0.397 e. The number of para-hydroxylation sites is 1. The van der Waals surface area contributed by atoms with Gasteiger partial charge in [-0.1, -0.05) is 36.4 Å². The molecule has 1 unspecified atom stereocenters. The molecule has 2 amide bonds. The molecule has 1 atom stereocenters. The van der Waals surface area contributed by atoms with Gasteiger partial charge in [-0.05, 0) is 12.1 Å². The fraction of sp³-hybridized carbons (Fsp3) is 0.0588. The third-order valence-electron chi connectivity index (χ3n) is 3.59. The van der Waals surface area contributed by atoms with Crippen molar-refractivity contribution in [1.82, 2.24) is 4.48 Å². The Morgan fingerprint density at radius 2 is 1.52 bits per heavy atom. The molecular weight excluding hydrogens is 282 g/mol. The zero-order valence-electron chi connectivity index (χ0n) is 11.5. The van der Waals surface area contributed by atoms with E-state index in [-0.39, 0.29) is 15.6 Å². The molecule has 3 nitrogen and oxygen atoms in total. The molecule has 0 aliphatic carbocycles. The summed E-state index contributed by atoms with van der Waals surface area (Å²) in [7, 11) is 0. The van der Waals surface area contributed by atoms with Gasteiger partial charge in [-0.3, -0.25) is 0 Å². The molecule has 104 valence electrons. The minimum absolute atomic E-state index is 0.187. The first kappa shape index (κ1) is 13.8. The molecular formula is C17H14NO2S+. The predicted molar refractivity (Wildman–Crippen MR) is 86.3 cm³/mol. The number of hydrogen-bond acceptors (Lipinski definition) is 3. The van der Waals surface area contributed by atoms with Gasteiger partial charge in [-0.15, -0.1) is 4.48 Å². The van der Waals surface area contributed by atoms with Gasteiger partial charge in [-0.25, -0.2) is 9.59 Å². The summed E-state index contributed by atoms with van der Waals surface area (Å²) >= 11 is 1.08. The maximum atomic E-state index is 12.6. The van der Waals surface area contributed by atoms with Gasteiger partial charge in [0.1, 0.15) is 0 Å². The minimum Gasteiger partial charge on any atom is -0.230 e. The Balaban J connectivity index is 2.25. The molecule has 1 heterocycles. The number of rotatable bonds is 2. The van der Waals surface area contributed by atoms with E-state index in [0.717, 1.165) is 17.3 Å². The summed E-state index contributed by atoms with van der Waals surface area (Å²) in [5, 5.41) is 1.60. The number of hydrogen-bond donors (Lipinski definition) is 0. The fourth-order valence-electron chi connectivity index (χ4n) is 2.61. The Morgan fingerprint density at radius 3 is 2.10 bits per heavy atom. The second-order valence-corrected chi connectivity index (χ2v) is 5.60. The molecule has 0 bridgehead atoms. The van der Waals surface area contributed by atoms with Crippen LogP contribution in [0.5, 0.6) is 0 Å². The highest BCUT2D eigenvalue weighted by Crippen LogP contribution is 2.44. The summed E-state index contributed by atoms with van der Waals surface area (Å²) in [5.41, 5.74) is 2.27. The van der Waals surface area contributed by atoms with E-state index in [9.17, 15) is 9.59 Å². The van der Waals surface area contributed by atoms with Gasteiger partial charge in [0.2, 0.25) is 0 Å². The normalized spacial score (nSPS) is 21.2. The number of carbonyl (C=O) groups excluding carboxylic acids is 2. The van der Waals surface area contributed by atoms with Gasteiger partial charge in [0, 0.05) is 34.9 Å². The number of carbonyl (C=O) groups is 2. The van der Waals surface area contributed by atoms with Crippen LogP contribution in [-0.4, -0.2) is 11.1 Å². The third kappa shape index (κ3) is 2.04. The van der Waals surface area contributed by atoms with Crippen LogP contribution in [0.2, 0.25) is 0 Å². The molecule has 4 heteroatoms. The van der Waals surface area contributed by atoms with E-state index >= 15 is 0 Å². The van der Waals surface area contributed by atoms with E-state index < -0.39 is 0 Å². The second-order valence-electron chi connectivity index (χ2n) is 4.78. The monoisotopic (exact) mass is 296 g/mol. The summed E-state index contributed by atoms with van der Waals surface area (Å²) < 4.78 is -0.366. The van der Waals surface area contributed by atoms with Crippen molar-refractivity contribution in [2.75, 3.05) is 0 Å². The summed E-state index contributed by atoms with van der Waals surface area (Å²) in [6, 6.07) is 18.8. The summed E-state index contributed by atoms with van der Waals surface area (Å²) in [5.74, 6) is -0.202. The fourth-order valence-corrected chi connectivity index (χ4v) is 3.61. The number of nitrogens with zero attached hydrogens (tertiary/aromatic N) is 1. The lowest BCUT2D eigenvalue weighted by atomic mass is 10.1. The number of thioether (sulfide) groups is 1. The number of imide groups is 1. The van der Waals surface area contributed by atoms with E-state index in [2.05, 4.69) is 0 Å². The first-order chi connectivity index (χ1) is 10.2. The van der Waals surface area contributed by atoms with Crippen LogP contribution in [0.1, 0.15) is 12.5 Å². The molecule has 0 saturated carbocycles. The predicted octanol–water partition coefficient (Wildman–Crippen LogP) is 4.41. The van der Waals surface area contributed by atoms with Crippen molar-refractivity contribution in [2.24, 2.45) is 0 Å². The molecule has 0 N–H and O–H groups in total. The standard InChI is InChI=1S/C17H14NO2S/c1-13(19)18(15-10-6-3-7-11-15)16(12-21-17(18)20)14-8-4-2-5-9-14/h2-12H,1H3/q+1. The first-order valence-electron chi connectivity index (χ1n) is 6.60. The quantitative estimate of drug-likeness (QED) is 0.770. The number of benzene rings is 2. The maximum absolute atomic E-state index is 12.6. The lowest BCUT2D eigenvalue weighted by Gasteiger charge is -2.28. The van der Waals surface area contributed by atoms with E-state index in [4.69, 9.17) is 0 Å². The lowest BCUT2D eigenvalue weighted by molar-refractivity contribution is -0.122. The zero-order valence-corrected chi connectivity index (χ0v) is 12.3. The van der Waals surface area contributed by atoms with Crippen LogP contribution in [-0.2, 0) is 4.79 Å². The van der Waals surface area contributed by atoms with E-state index in [0.29, 0.717) is 11.4 Å². The highest BCUT2D eigenvalue weighted by molar-refractivity contribution is 8.16. The molecule has 1 aliphatic heterocycles. The van der Waals surface area contributed by atoms with Crippen molar-refractivity contribution in [3.8, 4) is 0 Å². The summed E-state index contributed by atoms with van der Waals surface area (Å²) in [4.78, 5) is 25.0. The third-order valence-corrected chi connectivity index (χ3v) is 4.41. The molecule has 0 aromatic heterocycles. The molecule has 0 fully saturated rings. The highest BCUT2D eigenvalue weighted by Gasteiger charge is 2.53. The Hall–Kier alpha value is -2.17. The van der Waals surface area contributed by atoms with Crippen LogP contribution in [0.15, 0.2) is 66.1 Å². The molecule has 0 radical (unpaired) electrons. The van der Waals surface area contributed by atoms with Gasteiger partial charge >= 0.3 is 11.1 Å². The van der Waals surface area contributed by atoms with Gasteiger partial charge in [0.15, 0.2) is 11.4 Å². The van der Waals surface area contributed by atoms with Crippen molar-refractivity contribution in [3.05, 3.63) is 71.6 Å². The summed E-state index contributed by atoms with van der Waals surface area (Å²) in [6.07, 6.45) is 0. The smallest absolute Gasteiger partial charge is 0.230 e. The van der Waals surface area contributed by atoms with Crippen molar-refractivity contribution >= 4 is 34.3 Å². The van der Waals surface area contributed by atoms with E-state index in [1.54, 1.807) is 5.41 Å². The van der Waals surface area contributed by atoms with Crippen molar-refractivity contribution in [3.63, 3.8) is 0 Å². The van der Waals surface area contributed by atoms with E-state index in [1.807, 2.05) is 60.7 Å². The van der Waals surface area contributed by atoms with Gasteiger partial charge in [-0.2, -0.15) is 0 Å². The average molecular weight is 296 g/mol. The van der Waals surface area contributed by atoms with Crippen LogP contribution in [0.3, 0.4) is 0 Å². The molecule has 2 aromatic rings. The Bertz CT molecular complexity index is 725. The zero-order chi connectivity index (χ0) is 14.9. The van der Waals surface area contributed by atoms with Crippen LogP contribution in [0.25, 0.3) is 5.70 Å². The molecule has 21 heavy (non-hydrogen) atoms. The Morgan fingerprint density at radius 1 is 0.952 bits per heavy atom.